The van der Waals surface area contributed by atoms with Crippen molar-refractivity contribution in [2.45, 2.75) is 5.75 Å². The van der Waals surface area contributed by atoms with E-state index in [1.165, 1.54) is 11.3 Å². The molecule has 0 fully saturated rings. The van der Waals surface area contributed by atoms with Gasteiger partial charge in [-0.05, 0) is 11.4 Å². The fraction of sp³-hybridized carbons (Fsp3) is 0.300. The molecular formula is C10H11NO3S3. The molecule has 0 radical (unpaired) electrons. The Morgan fingerprint density at radius 3 is 2.82 bits per heavy atom. The monoisotopic (exact) mass is 289 g/mol. The van der Waals surface area contributed by atoms with Crippen LogP contribution in [0.15, 0.2) is 22.9 Å². The maximum Gasteiger partial charge on any atom is 0.158 e. The van der Waals surface area contributed by atoms with E-state index in [0.29, 0.717) is 5.69 Å². The van der Waals surface area contributed by atoms with E-state index >= 15 is 0 Å². The van der Waals surface area contributed by atoms with Crippen molar-refractivity contribution in [3.63, 3.8) is 0 Å². The van der Waals surface area contributed by atoms with E-state index in [-0.39, 0.29) is 18.1 Å². The summed E-state index contributed by atoms with van der Waals surface area (Å²) < 4.78 is 23.0. The number of aromatic nitrogens is 1. The van der Waals surface area contributed by atoms with Crippen molar-refractivity contribution in [2.24, 2.45) is 0 Å². The highest BCUT2D eigenvalue weighted by Gasteiger charge is 2.14. The van der Waals surface area contributed by atoms with Gasteiger partial charge in [0, 0.05) is 5.38 Å². The Bertz CT molecular complexity index is 572. The van der Waals surface area contributed by atoms with Gasteiger partial charge in [0.15, 0.2) is 9.84 Å². The Morgan fingerprint density at radius 2 is 2.18 bits per heavy atom. The van der Waals surface area contributed by atoms with Crippen molar-refractivity contribution in [3.05, 3.63) is 28.6 Å². The number of thiazole rings is 1. The molecular weight excluding hydrogens is 278 g/mol. The summed E-state index contributed by atoms with van der Waals surface area (Å²) in [4.78, 5) is 5.33. The minimum Gasteiger partial charge on any atom is -0.395 e. The maximum absolute atomic E-state index is 11.5. The normalized spacial score (nSPS) is 11.8. The summed E-state index contributed by atoms with van der Waals surface area (Å²) in [5.74, 6) is -0.311. The lowest BCUT2D eigenvalue weighted by Gasteiger charge is -1.98. The van der Waals surface area contributed by atoms with Gasteiger partial charge < -0.3 is 5.11 Å². The first-order valence-electron chi connectivity index (χ1n) is 4.90. The van der Waals surface area contributed by atoms with Crippen LogP contribution in [0.1, 0.15) is 5.69 Å². The Kier molecular flexibility index (Phi) is 3.93. The number of rotatable bonds is 5. The molecule has 0 atom stereocenters. The van der Waals surface area contributed by atoms with E-state index in [9.17, 15) is 8.42 Å². The molecule has 2 heterocycles. The minimum absolute atomic E-state index is 0.102. The van der Waals surface area contributed by atoms with Gasteiger partial charge in [-0.3, -0.25) is 0 Å². The molecule has 17 heavy (non-hydrogen) atoms. The molecule has 0 aliphatic heterocycles. The van der Waals surface area contributed by atoms with E-state index in [1.807, 2.05) is 17.5 Å². The Morgan fingerprint density at radius 1 is 1.35 bits per heavy atom. The lowest BCUT2D eigenvalue weighted by molar-refractivity contribution is 0.319. The highest BCUT2D eigenvalue weighted by Crippen LogP contribution is 2.28. The fourth-order valence-corrected chi connectivity index (χ4v) is 4.08. The largest absolute Gasteiger partial charge is 0.395 e. The van der Waals surface area contributed by atoms with E-state index in [4.69, 9.17) is 5.11 Å². The summed E-state index contributed by atoms with van der Waals surface area (Å²) in [6.07, 6.45) is 0. The highest BCUT2D eigenvalue weighted by atomic mass is 32.2. The predicted octanol–water partition coefficient (Wildman–Crippen LogP) is 1.78. The van der Waals surface area contributed by atoms with Crippen LogP contribution in [0.3, 0.4) is 0 Å². The molecule has 2 rings (SSSR count). The van der Waals surface area contributed by atoms with Crippen molar-refractivity contribution in [2.75, 3.05) is 12.4 Å². The van der Waals surface area contributed by atoms with Crippen LogP contribution in [-0.4, -0.2) is 30.9 Å². The zero-order valence-electron chi connectivity index (χ0n) is 8.87. The number of aliphatic hydroxyl groups is 1. The predicted molar refractivity (Wildman–Crippen MR) is 70.0 cm³/mol. The average Bonchev–Trinajstić information content (AvgIpc) is 2.85. The van der Waals surface area contributed by atoms with Crippen LogP contribution in [-0.2, 0) is 15.6 Å². The van der Waals surface area contributed by atoms with Gasteiger partial charge in [0.2, 0.25) is 0 Å². The van der Waals surface area contributed by atoms with Gasteiger partial charge in [0.05, 0.1) is 28.7 Å². The second-order valence-corrected chi connectivity index (χ2v) is 7.43. The van der Waals surface area contributed by atoms with Gasteiger partial charge >= 0.3 is 0 Å². The molecule has 0 aromatic carbocycles. The van der Waals surface area contributed by atoms with Crippen LogP contribution in [0.5, 0.6) is 0 Å². The molecule has 0 amide bonds. The van der Waals surface area contributed by atoms with Gasteiger partial charge in [-0.2, -0.15) is 0 Å². The van der Waals surface area contributed by atoms with Gasteiger partial charge in [0.25, 0.3) is 0 Å². The maximum atomic E-state index is 11.5. The lowest BCUT2D eigenvalue weighted by Crippen LogP contribution is -2.12. The van der Waals surface area contributed by atoms with Crippen LogP contribution in [0.2, 0.25) is 0 Å². The second-order valence-electron chi connectivity index (χ2n) is 3.44. The van der Waals surface area contributed by atoms with E-state index in [0.717, 1.165) is 9.88 Å². The molecule has 0 bridgehead atoms. The SMILES string of the molecule is O=S(=O)(CCO)Cc1csc(-c2cccs2)n1. The van der Waals surface area contributed by atoms with E-state index < -0.39 is 9.84 Å². The summed E-state index contributed by atoms with van der Waals surface area (Å²) >= 11 is 3.01. The first-order valence-corrected chi connectivity index (χ1v) is 8.48. The van der Waals surface area contributed by atoms with Gasteiger partial charge in [-0.1, -0.05) is 6.07 Å². The van der Waals surface area contributed by atoms with Gasteiger partial charge in [0.1, 0.15) is 5.01 Å². The lowest BCUT2D eigenvalue weighted by atomic mass is 10.5. The molecule has 0 aliphatic carbocycles. The number of sulfone groups is 1. The minimum atomic E-state index is -3.24. The third-order valence-corrected chi connectivity index (χ3v) is 5.52. The van der Waals surface area contributed by atoms with Crippen LogP contribution < -0.4 is 0 Å². The summed E-state index contributed by atoms with van der Waals surface area (Å²) in [6, 6.07) is 3.89. The third kappa shape index (κ3) is 3.35. The zero-order valence-corrected chi connectivity index (χ0v) is 11.3. The molecule has 2 aromatic rings. The second kappa shape index (κ2) is 5.26. The third-order valence-electron chi connectivity index (χ3n) is 2.05. The average molecular weight is 289 g/mol. The van der Waals surface area contributed by atoms with Crippen LogP contribution in [0.4, 0.5) is 0 Å². The molecule has 4 nitrogen and oxygen atoms in total. The quantitative estimate of drug-likeness (QED) is 0.911. The first-order chi connectivity index (χ1) is 8.11. The number of aliphatic hydroxyl groups excluding tert-OH is 1. The molecule has 1 N–H and O–H groups in total. The van der Waals surface area contributed by atoms with Crippen LogP contribution >= 0.6 is 22.7 Å². The van der Waals surface area contributed by atoms with E-state index in [1.54, 1.807) is 16.7 Å². The highest BCUT2D eigenvalue weighted by molar-refractivity contribution is 7.90. The Balaban J connectivity index is 2.15. The summed E-state index contributed by atoms with van der Waals surface area (Å²) in [6.45, 7) is -0.343. The number of hydrogen-bond donors (Lipinski definition) is 1. The summed E-state index contributed by atoms with van der Waals surface area (Å²) in [5, 5.41) is 13.2. The molecule has 92 valence electrons. The molecule has 0 aliphatic rings. The molecule has 2 aromatic heterocycles. The molecule has 0 unspecified atom stereocenters. The first kappa shape index (κ1) is 12.7. The van der Waals surface area contributed by atoms with Crippen molar-refractivity contribution in [3.8, 4) is 9.88 Å². The Labute approximate surface area is 108 Å². The summed E-state index contributed by atoms with van der Waals surface area (Å²) in [5.41, 5.74) is 0.548. The number of thiophene rings is 1. The van der Waals surface area contributed by atoms with Crippen molar-refractivity contribution in [1.29, 1.82) is 0 Å². The Hall–Kier alpha value is -0.760. The van der Waals surface area contributed by atoms with Crippen molar-refractivity contribution < 1.29 is 13.5 Å². The number of nitrogens with zero attached hydrogens (tertiary/aromatic N) is 1. The fourth-order valence-electron chi connectivity index (χ4n) is 1.32. The van der Waals surface area contributed by atoms with Gasteiger partial charge in [-0.15, -0.1) is 22.7 Å². The molecule has 0 saturated heterocycles. The topological polar surface area (TPSA) is 67.3 Å². The van der Waals surface area contributed by atoms with Crippen molar-refractivity contribution >= 4 is 32.5 Å². The van der Waals surface area contributed by atoms with Crippen LogP contribution in [0.25, 0.3) is 9.88 Å². The molecule has 0 saturated carbocycles. The zero-order chi connectivity index (χ0) is 12.3. The number of hydrogen-bond acceptors (Lipinski definition) is 6. The summed E-state index contributed by atoms with van der Waals surface area (Å²) in [7, 11) is -3.24. The van der Waals surface area contributed by atoms with Gasteiger partial charge in [-0.25, -0.2) is 13.4 Å². The van der Waals surface area contributed by atoms with Crippen LogP contribution in [0, 0.1) is 0 Å². The molecule has 7 heteroatoms. The van der Waals surface area contributed by atoms with E-state index in [2.05, 4.69) is 4.98 Å². The smallest absolute Gasteiger partial charge is 0.158 e. The van der Waals surface area contributed by atoms with Crippen molar-refractivity contribution in [1.82, 2.24) is 4.98 Å². The standard InChI is InChI=1S/C10H11NO3S3/c12-3-5-17(13,14)7-8-6-16-10(11-8)9-2-1-4-15-9/h1-2,4,6,12H,3,5,7H2. The molecule has 0 spiro atoms.